The molecule has 0 radical (unpaired) electrons. The van der Waals surface area contributed by atoms with Crippen LogP contribution in [-0.4, -0.2) is 24.1 Å². The van der Waals surface area contributed by atoms with Gasteiger partial charge in [-0.25, -0.2) is 4.98 Å². The molecular weight excluding hydrogens is 238 g/mol. The number of rotatable bonds is 4. The summed E-state index contributed by atoms with van der Waals surface area (Å²) in [5, 5.41) is 3.24. The molecule has 0 aliphatic carbocycles. The number of hydrogen-bond acceptors (Lipinski definition) is 3. The van der Waals surface area contributed by atoms with Crippen LogP contribution >= 0.6 is 0 Å². The molecule has 0 saturated carbocycles. The topological polar surface area (TPSA) is 49.9 Å². The third kappa shape index (κ3) is 2.63. The molecule has 0 unspecified atom stereocenters. The summed E-state index contributed by atoms with van der Waals surface area (Å²) in [5.41, 5.74) is 3.08. The summed E-state index contributed by atoms with van der Waals surface area (Å²) in [7, 11) is 3.62. The third-order valence-electron chi connectivity index (χ3n) is 3.50. The van der Waals surface area contributed by atoms with Gasteiger partial charge in [-0.2, -0.15) is 0 Å². The molecule has 0 fully saturated rings. The van der Waals surface area contributed by atoms with Crippen molar-refractivity contribution in [3.8, 4) is 17.0 Å². The molecule has 1 aromatic heterocycles. The zero-order valence-electron chi connectivity index (χ0n) is 12.2. The van der Waals surface area contributed by atoms with Crippen LogP contribution in [0.4, 0.5) is 0 Å². The Morgan fingerprint density at radius 3 is 2.63 bits per heavy atom. The molecule has 2 N–H and O–H groups in total. The maximum absolute atomic E-state index is 5.28. The number of aromatic nitrogens is 2. The van der Waals surface area contributed by atoms with Gasteiger partial charge in [-0.05, 0) is 51.6 Å². The van der Waals surface area contributed by atoms with Crippen molar-refractivity contribution >= 4 is 0 Å². The van der Waals surface area contributed by atoms with Gasteiger partial charge in [0.2, 0.25) is 0 Å². The molecule has 102 valence electrons. The van der Waals surface area contributed by atoms with Crippen LogP contribution in [0.2, 0.25) is 0 Å². The second-order valence-electron chi connectivity index (χ2n) is 5.20. The number of imidazole rings is 1. The van der Waals surface area contributed by atoms with E-state index in [-0.39, 0.29) is 5.54 Å². The molecule has 1 aromatic carbocycles. The first kappa shape index (κ1) is 13.6. The molecule has 19 heavy (non-hydrogen) atoms. The normalized spacial score (nSPS) is 11.6. The standard InChI is InChI=1S/C15H21N3O/c1-10-8-11(6-7-13(10)19-5)12-9-17-14(18-12)15(2,3)16-4/h6-9,16H,1-5H3,(H,17,18). The van der Waals surface area contributed by atoms with Crippen molar-refractivity contribution in [2.24, 2.45) is 0 Å². The van der Waals surface area contributed by atoms with Gasteiger partial charge in [-0.3, -0.25) is 0 Å². The van der Waals surface area contributed by atoms with E-state index in [1.807, 2.05) is 32.3 Å². The average molecular weight is 259 g/mol. The van der Waals surface area contributed by atoms with Crippen molar-refractivity contribution in [3.63, 3.8) is 0 Å². The van der Waals surface area contributed by atoms with Crippen molar-refractivity contribution < 1.29 is 4.74 Å². The number of methoxy groups -OCH3 is 1. The number of H-pyrrole nitrogens is 1. The molecule has 2 rings (SSSR count). The third-order valence-corrected chi connectivity index (χ3v) is 3.50. The van der Waals surface area contributed by atoms with E-state index >= 15 is 0 Å². The van der Waals surface area contributed by atoms with E-state index in [4.69, 9.17) is 4.74 Å². The van der Waals surface area contributed by atoms with Crippen molar-refractivity contribution in [2.45, 2.75) is 26.3 Å². The molecule has 0 atom stereocenters. The van der Waals surface area contributed by atoms with Gasteiger partial charge < -0.3 is 15.0 Å². The Balaban J connectivity index is 2.36. The highest BCUT2D eigenvalue weighted by Gasteiger charge is 2.21. The molecule has 0 aliphatic rings. The molecule has 0 bridgehead atoms. The summed E-state index contributed by atoms with van der Waals surface area (Å²) < 4.78 is 5.28. The Hall–Kier alpha value is -1.81. The summed E-state index contributed by atoms with van der Waals surface area (Å²) in [4.78, 5) is 7.83. The molecule has 0 aliphatic heterocycles. The summed E-state index contributed by atoms with van der Waals surface area (Å²) in [6, 6.07) is 6.12. The Kier molecular flexibility index (Phi) is 3.62. The van der Waals surface area contributed by atoms with E-state index in [0.29, 0.717) is 0 Å². The van der Waals surface area contributed by atoms with Crippen molar-refractivity contribution in [3.05, 3.63) is 35.8 Å². The van der Waals surface area contributed by atoms with Crippen LogP contribution in [0, 0.1) is 6.92 Å². The van der Waals surface area contributed by atoms with Crippen LogP contribution in [0.1, 0.15) is 25.2 Å². The highest BCUT2D eigenvalue weighted by molar-refractivity contribution is 5.61. The summed E-state index contributed by atoms with van der Waals surface area (Å²) in [6.45, 7) is 6.22. The second kappa shape index (κ2) is 5.05. The van der Waals surface area contributed by atoms with E-state index < -0.39 is 0 Å². The minimum Gasteiger partial charge on any atom is -0.496 e. The predicted octanol–water partition coefficient (Wildman–Crippen LogP) is 2.85. The zero-order valence-corrected chi connectivity index (χ0v) is 12.2. The van der Waals surface area contributed by atoms with E-state index in [2.05, 4.69) is 35.2 Å². The number of benzene rings is 1. The Morgan fingerprint density at radius 2 is 2.05 bits per heavy atom. The number of aromatic amines is 1. The van der Waals surface area contributed by atoms with Crippen LogP contribution in [-0.2, 0) is 5.54 Å². The van der Waals surface area contributed by atoms with Gasteiger partial charge in [0.15, 0.2) is 0 Å². The summed E-state index contributed by atoms with van der Waals surface area (Å²) >= 11 is 0. The first-order valence-electron chi connectivity index (χ1n) is 6.37. The monoisotopic (exact) mass is 259 g/mol. The molecule has 2 aromatic rings. The lowest BCUT2D eigenvalue weighted by Gasteiger charge is -2.20. The van der Waals surface area contributed by atoms with Gasteiger partial charge in [0.25, 0.3) is 0 Å². The fourth-order valence-corrected chi connectivity index (χ4v) is 1.95. The number of nitrogens with zero attached hydrogens (tertiary/aromatic N) is 1. The van der Waals surface area contributed by atoms with Gasteiger partial charge in [-0.15, -0.1) is 0 Å². The molecule has 0 saturated heterocycles. The quantitative estimate of drug-likeness (QED) is 0.887. The lowest BCUT2D eigenvalue weighted by molar-refractivity contribution is 0.412. The van der Waals surface area contributed by atoms with Crippen LogP contribution in [0.25, 0.3) is 11.3 Å². The average Bonchev–Trinajstić information content (AvgIpc) is 2.89. The van der Waals surface area contributed by atoms with E-state index in [1.54, 1.807) is 7.11 Å². The molecular formula is C15H21N3O. The number of aryl methyl sites for hydroxylation is 1. The van der Waals surface area contributed by atoms with Gasteiger partial charge in [0.05, 0.1) is 24.5 Å². The van der Waals surface area contributed by atoms with Crippen LogP contribution in [0.5, 0.6) is 5.75 Å². The minimum atomic E-state index is -0.167. The maximum atomic E-state index is 5.28. The van der Waals surface area contributed by atoms with Crippen molar-refractivity contribution in [1.29, 1.82) is 0 Å². The van der Waals surface area contributed by atoms with E-state index in [9.17, 15) is 0 Å². The number of hydrogen-bond donors (Lipinski definition) is 2. The molecule has 4 heteroatoms. The summed E-state index contributed by atoms with van der Waals surface area (Å²) in [6.07, 6.45) is 1.87. The SMILES string of the molecule is CNC(C)(C)c1ncc(-c2ccc(OC)c(C)c2)[nH]1. The number of ether oxygens (including phenoxy) is 1. The first-order valence-corrected chi connectivity index (χ1v) is 6.37. The minimum absolute atomic E-state index is 0.167. The smallest absolute Gasteiger partial charge is 0.126 e. The van der Waals surface area contributed by atoms with Crippen LogP contribution < -0.4 is 10.1 Å². The van der Waals surface area contributed by atoms with Gasteiger partial charge in [0.1, 0.15) is 11.6 Å². The summed E-state index contributed by atoms with van der Waals surface area (Å²) in [5.74, 6) is 1.83. The lowest BCUT2D eigenvalue weighted by Crippen LogP contribution is -2.34. The first-order chi connectivity index (χ1) is 8.97. The molecule has 4 nitrogen and oxygen atoms in total. The number of nitrogens with one attached hydrogen (secondary N) is 2. The fraction of sp³-hybridized carbons (Fsp3) is 0.400. The Labute approximate surface area is 114 Å². The Bertz CT molecular complexity index is 573. The van der Waals surface area contributed by atoms with Gasteiger partial charge in [0, 0.05) is 5.56 Å². The zero-order chi connectivity index (χ0) is 14.0. The predicted molar refractivity (Wildman–Crippen MR) is 77.4 cm³/mol. The van der Waals surface area contributed by atoms with E-state index in [0.717, 1.165) is 28.4 Å². The van der Waals surface area contributed by atoms with Gasteiger partial charge >= 0.3 is 0 Å². The highest BCUT2D eigenvalue weighted by Crippen LogP contribution is 2.26. The van der Waals surface area contributed by atoms with Crippen LogP contribution in [0.15, 0.2) is 24.4 Å². The molecule has 0 amide bonds. The molecule has 1 heterocycles. The maximum Gasteiger partial charge on any atom is 0.126 e. The second-order valence-corrected chi connectivity index (χ2v) is 5.20. The Morgan fingerprint density at radius 1 is 1.32 bits per heavy atom. The lowest BCUT2D eigenvalue weighted by atomic mass is 10.1. The highest BCUT2D eigenvalue weighted by atomic mass is 16.5. The van der Waals surface area contributed by atoms with Crippen molar-refractivity contribution in [2.75, 3.05) is 14.2 Å². The largest absolute Gasteiger partial charge is 0.496 e. The van der Waals surface area contributed by atoms with E-state index in [1.165, 1.54) is 0 Å². The van der Waals surface area contributed by atoms with Crippen molar-refractivity contribution in [1.82, 2.24) is 15.3 Å². The van der Waals surface area contributed by atoms with Crippen LogP contribution in [0.3, 0.4) is 0 Å². The van der Waals surface area contributed by atoms with Gasteiger partial charge in [-0.1, -0.05) is 0 Å². The fourth-order valence-electron chi connectivity index (χ4n) is 1.95. The molecule has 0 spiro atoms.